The van der Waals surface area contributed by atoms with Crippen molar-refractivity contribution in [2.75, 3.05) is 0 Å². The number of para-hydroxylation sites is 1. The normalized spacial score (nSPS) is 11.5. The summed E-state index contributed by atoms with van der Waals surface area (Å²) >= 11 is 0. The summed E-state index contributed by atoms with van der Waals surface area (Å²) in [5.74, 6) is 0.624. The van der Waals surface area contributed by atoms with Gasteiger partial charge in [0, 0.05) is 5.39 Å². The van der Waals surface area contributed by atoms with Crippen LogP contribution >= 0.6 is 0 Å². The van der Waals surface area contributed by atoms with Crippen LogP contribution in [0.2, 0.25) is 0 Å². The first kappa shape index (κ1) is 10.3. The molecule has 80 valence electrons. The molecule has 0 N–H and O–H groups in total. The molecule has 0 bridgehead atoms. The van der Waals surface area contributed by atoms with Crippen LogP contribution in [0.4, 0.5) is 0 Å². The molecule has 1 aromatic carbocycles. The minimum Gasteiger partial charge on any atom is -0.464 e. The monoisotopic (exact) mass is 202 g/mol. The molecule has 2 aromatic rings. The number of fused-ring (bicyclic) bond motifs is 1. The van der Waals surface area contributed by atoms with Gasteiger partial charge in [0.15, 0.2) is 0 Å². The number of aryl methyl sites for hydroxylation is 1. The third-order valence-electron chi connectivity index (χ3n) is 3.25. The van der Waals surface area contributed by atoms with Gasteiger partial charge in [-0.3, -0.25) is 0 Å². The third-order valence-corrected chi connectivity index (χ3v) is 3.25. The Bertz CT molecular complexity index is 449. The van der Waals surface area contributed by atoms with Gasteiger partial charge < -0.3 is 4.42 Å². The van der Waals surface area contributed by atoms with Gasteiger partial charge in [0.2, 0.25) is 0 Å². The molecule has 0 saturated carbocycles. The van der Waals surface area contributed by atoms with E-state index in [-0.39, 0.29) is 0 Å². The van der Waals surface area contributed by atoms with E-state index in [0.717, 1.165) is 5.58 Å². The van der Waals surface area contributed by atoms with E-state index in [1.165, 1.54) is 29.4 Å². The standard InChI is InChI=1S/C14H18O/c1-4-11(5-2)13-8-6-7-12-10(3)9-15-14(12)13/h6-9,11H,4-5H2,1-3H3. The first-order valence-corrected chi connectivity index (χ1v) is 5.74. The summed E-state index contributed by atoms with van der Waals surface area (Å²) in [5.41, 5.74) is 3.69. The van der Waals surface area contributed by atoms with E-state index < -0.39 is 0 Å². The first-order valence-electron chi connectivity index (χ1n) is 5.74. The summed E-state index contributed by atoms with van der Waals surface area (Å²) in [7, 11) is 0. The molecule has 2 rings (SSSR count). The predicted molar refractivity (Wildman–Crippen MR) is 64.3 cm³/mol. The van der Waals surface area contributed by atoms with Crippen LogP contribution in [0.3, 0.4) is 0 Å². The Morgan fingerprint density at radius 3 is 2.60 bits per heavy atom. The summed E-state index contributed by atoms with van der Waals surface area (Å²) in [6.07, 6.45) is 4.21. The van der Waals surface area contributed by atoms with Crippen LogP contribution in [-0.4, -0.2) is 0 Å². The summed E-state index contributed by atoms with van der Waals surface area (Å²) in [6, 6.07) is 6.47. The van der Waals surface area contributed by atoms with Crippen molar-refractivity contribution in [1.29, 1.82) is 0 Å². The number of rotatable bonds is 3. The average molecular weight is 202 g/mol. The SMILES string of the molecule is CCC(CC)c1cccc2c(C)coc12. The van der Waals surface area contributed by atoms with Crippen molar-refractivity contribution in [3.05, 3.63) is 35.6 Å². The Labute approximate surface area is 91.1 Å². The molecule has 0 aliphatic rings. The van der Waals surface area contributed by atoms with Crippen molar-refractivity contribution in [1.82, 2.24) is 0 Å². The molecule has 1 heterocycles. The lowest BCUT2D eigenvalue weighted by Crippen LogP contribution is -1.95. The highest BCUT2D eigenvalue weighted by Crippen LogP contribution is 2.32. The molecular weight excluding hydrogens is 184 g/mol. The van der Waals surface area contributed by atoms with Crippen molar-refractivity contribution in [3.8, 4) is 0 Å². The first-order chi connectivity index (χ1) is 7.27. The second-order valence-electron chi connectivity index (χ2n) is 4.16. The lowest BCUT2D eigenvalue weighted by atomic mass is 9.92. The van der Waals surface area contributed by atoms with Gasteiger partial charge >= 0.3 is 0 Å². The van der Waals surface area contributed by atoms with E-state index in [1.807, 2.05) is 6.26 Å². The molecule has 15 heavy (non-hydrogen) atoms. The van der Waals surface area contributed by atoms with Crippen LogP contribution in [-0.2, 0) is 0 Å². The van der Waals surface area contributed by atoms with Gasteiger partial charge in [0.1, 0.15) is 5.58 Å². The highest BCUT2D eigenvalue weighted by atomic mass is 16.3. The lowest BCUT2D eigenvalue weighted by Gasteiger charge is -2.12. The minimum atomic E-state index is 0.624. The van der Waals surface area contributed by atoms with E-state index in [2.05, 4.69) is 39.0 Å². The molecule has 0 aliphatic carbocycles. The van der Waals surface area contributed by atoms with E-state index in [0.29, 0.717) is 5.92 Å². The van der Waals surface area contributed by atoms with E-state index in [1.54, 1.807) is 0 Å². The number of furan rings is 1. The van der Waals surface area contributed by atoms with Crippen LogP contribution in [0.15, 0.2) is 28.9 Å². The zero-order valence-corrected chi connectivity index (χ0v) is 9.71. The molecule has 0 aliphatic heterocycles. The highest BCUT2D eigenvalue weighted by molar-refractivity contribution is 5.84. The van der Waals surface area contributed by atoms with Crippen LogP contribution in [0.25, 0.3) is 11.0 Å². The molecule has 0 spiro atoms. The summed E-state index contributed by atoms with van der Waals surface area (Å²) in [6.45, 7) is 6.58. The second-order valence-corrected chi connectivity index (χ2v) is 4.16. The maximum atomic E-state index is 5.66. The van der Waals surface area contributed by atoms with Gasteiger partial charge in [-0.15, -0.1) is 0 Å². The maximum absolute atomic E-state index is 5.66. The Balaban J connectivity index is 2.60. The summed E-state index contributed by atoms with van der Waals surface area (Å²) in [4.78, 5) is 0. The molecule has 1 aromatic heterocycles. The van der Waals surface area contributed by atoms with Crippen LogP contribution in [0.5, 0.6) is 0 Å². The average Bonchev–Trinajstić information content (AvgIpc) is 2.64. The van der Waals surface area contributed by atoms with Crippen LogP contribution in [0, 0.1) is 6.92 Å². The Hall–Kier alpha value is -1.24. The van der Waals surface area contributed by atoms with Gasteiger partial charge in [-0.2, -0.15) is 0 Å². The molecule has 0 atom stereocenters. The molecule has 1 heteroatoms. The fourth-order valence-electron chi connectivity index (χ4n) is 2.26. The zero-order chi connectivity index (χ0) is 10.8. The van der Waals surface area contributed by atoms with Gasteiger partial charge in [0.25, 0.3) is 0 Å². The number of hydrogen-bond donors (Lipinski definition) is 0. The number of hydrogen-bond acceptors (Lipinski definition) is 1. The number of benzene rings is 1. The van der Waals surface area contributed by atoms with E-state index >= 15 is 0 Å². The van der Waals surface area contributed by atoms with Gasteiger partial charge in [-0.25, -0.2) is 0 Å². The lowest BCUT2D eigenvalue weighted by molar-refractivity contribution is 0.585. The predicted octanol–water partition coefficient (Wildman–Crippen LogP) is 4.64. The second kappa shape index (κ2) is 4.09. The largest absolute Gasteiger partial charge is 0.464 e. The molecule has 0 fully saturated rings. The van der Waals surface area contributed by atoms with Gasteiger partial charge in [-0.05, 0) is 36.8 Å². The summed E-state index contributed by atoms with van der Waals surface area (Å²) in [5, 5.41) is 1.26. The van der Waals surface area contributed by atoms with Crippen molar-refractivity contribution in [2.45, 2.75) is 39.5 Å². The topological polar surface area (TPSA) is 13.1 Å². The highest BCUT2D eigenvalue weighted by Gasteiger charge is 2.13. The van der Waals surface area contributed by atoms with Crippen molar-refractivity contribution in [2.24, 2.45) is 0 Å². The summed E-state index contributed by atoms with van der Waals surface area (Å²) < 4.78 is 5.66. The molecule has 1 nitrogen and oxygen atoms in total. The van der Waals surface area contributed by atoms with E-state index in [9.17, 15) is 0 Å². The Morgan fingerprint density at radius 2 is 1.93 bits per heavy atom. The molecule has 0 saturated heterocycles. The molecule has 0 radical (unpaired) electrons. The Kier molecular flexibility index (Phi) is 2.81. The van der Waals surface area contributed by atoms with Crippen LogP contribution < -0.4 is 0 Å². The fourth-order valence-corrected chi connectivity index (χ4v) is 2.26. The minimum absolute atomic E-state index is 0.624. The fraction of sp³-hybridized carbons (Fsp3) is 0.429. The van der Waals surface area contributed by atoms with Crippen molar-refractivity contribution >= 4 is 11.0 Å². The van der Waals surface area contributed by atoms with Crippen molar-refractivity contribution in [3.63, 3.8) is 0 Å². The Morgan fingerprint density at radius 1 is 1.20 bits per heavy atom. The van der Waals surface area contributed by atoms with Gasteiger partial charge in [0.05, 0.1) is 6.26 Å². The van der Waals surface area contributed by atoms with E-state index in [4.69, 9.17) is 4.42 Å². The molecule has 0 unspecified atom stereocenters. The third kappa shape index (κ3) is 1.67. The van der Waals surface area contributed by atoms with Crippen LogP contribution in [0.1, 0.15) is 43.7 Å². The smallest absolute Gasteiger partial charge is 0.137 e. The quantitative estimate of drug-likeness (QED) is 0.706. The van der Waals surface area contributed by atoms with Gasteiger partial charge in [-0.1, -0.05) is 32.0 Å². The molecule has 0 amide bonds. The maximum Gasteiger partial charge on any atom is 0.137 e. The molecular formula is C14H18O. The van der Waals surface area contributed by atoms with Crippen molar-refractivity contribution < 1.29 is 4.42 Å². The zero-order valence-electron chi connectivity index (χ0n) is 9.71.